The van der Waals surface area contributed by atoms with Crippen molar-refractivity contribution in [2.45, 2.75) is 13.8 Å². The molecule has 2 aromatic heterocycles. The van der Waals surface area contributed by atoms with E-state index in [9.17, 15) is 0 Å². The molecule has 7 rings (SSSR count). The molecule has 0 saturated heterocycles. The minimum atomic E-state index is 0.903. The predicted octanol–water partition coefficient (Wildman–Crippen LogP) is 10.3. The largest absolute Gasteiger partial charge is 0.355 e. The first kappa shape index (κ1) is 25.1. The normalized spacial score (nSPS) is 11.2. The first-order valence-corrected chi connectivity index (χ1v) is 13.6. The second kappa shape index (κ2) is 10.9. The van der Waals surface area contributed by atoms with E-state index in [1.54, 1.807) is 0 Å². The van der Waals surface area contributed by atoms with Crippen molar-refractivity contribution in [2.75, 3.05) is 0 Å². The number of nitrogens with zero attached hydrogens (tertiary/aromatic N) is 2. The Labute approximate surface area is 234 Å². The molecular formula is C37H31N3. The molecule has 2 heterocycles. The lowest BCUT2D eigenvalue weighted by atomic mass is 10.0. The van der Waals surface area contributed by atoms with Gasteiger partial charge in [-0.2, -0.15) is 0 Å². The summed E-state index contributed by atoms with van der Waals surface area (Å²) in [7, 11) is 0. The highest BCUT2D eigenvalue weighted by Gasteiger charge is 2.17. The number of benzene rings is 5. The molecule has 3 nitrogen and oxygen atoms in total. The molecule has 1 N–H and O–H groups in total. The number of aliphatic imine (C=N–C) groups is 1. The van der Waals surface area contributed by atoms with Crippen molar-refractivity contribution >= 4 is 50.8 Å². The number of hydrogen-bond donors (Lipinski definition) is 1. The van der Waals surface area contributed by atoms with E-state index in [-0.39, 0.29) is 0 Å². The Hall–Kier alpha value is -5.15. The lowest BCUT2D eigenvalue weighted by molar-refractivity contribution is 1.11. The molecular weight excluding hydrogens is 486 g/mol. The topological polar surface area (TPSA) is 33.1 Å². The quantitative estimate of drug-likeness (QED) is 0.225. The van der Waals surface area contributed by atoms with Gasteiger partial charge < -0.3 is 4.98 Å². The summed E-state index contributed by atoms with van der Waals surface area (Å²) in [6, 6.07) is 42.3. The molecule has 194 valence electrons. The predicted molar refractivity (Wildman–Crippen MR) is 173 cm³/mol. The van der Waals surface area contributed by atoms with Crippen LogP contribution in [0.4, 0.5) is 5.82 Å². The third-order valence-corrected chi connectivity index (χ3v) is 7.23. The fraction of sp³-hybridized carbons (Fsp3) is 0.0541. The van der Waals surface area contributed by atoms with Crippen molar-refractivity contribution < 1.29 is 0 Å². The number of fused-ring (bicyclic) bond motifs is 4. The van der Waals surface area contributed by atoms with Gasteiger partial charge in [-0.15, -0.1) is 0 Å². The monoisotopic (exact) mass is 517 g/mol. The second-order valence-electron chi connectivity index (χ2n) is 9.82. The van der Waals surface area contributed by atoms with Crippen molar-refractivity contribution in [3.63, 3.8) is 0 Å². The van der Waals surface area contributed by atoms with Crippen LogP contribution in [-0.2, 0) is 0 Å². The van der Waals surface area contributed by atoms with Crippen molar-refractivity contribution in [3.8, 4) is 16.8 Å². The average Bonchev–Trinajstić information content (AvgIpc) is 3.53. The molecule has 0 radical (unpaired) electrons. The lowest BCUT2D eigenvalue weighted by Gasteiger charge is -2.09. The number of aromatic amines is 1. The summed E-state index contributed by atoms with van der Waals surface area (Å²) in [4.78, 5) is 8.27. The molecule has 0 aliphatic rings. The number of para-hydroxylation sites is 1. The number of rotatable bonds is 4. The van der Waals surface area contributed by atoms with E-state index in [0.717, 1.165) is 39.0 Å². The van der Waals surface area contributed by atoms with E-state index in [1.165, 1.54) is 27.5 Å². The molecule has 0 atom stereocenters. The fourth-order valence-electron chi connectivity index (χ4n) is 5.30. The van der Waals surface area contributed by atoms with Gasteiger partial charge >= 0.3 is 0 Å². The Morgan fingerprint density at radius 2 is 1.30 bits per heavy atom. The van der Waals surface area contributed by atoms with Crippen LogP contribution in [0.15, 0.2) is 133 Å². The molecule has 0 bridgehead atoms. The summed E-state index contributed by atoms with van der Waals surface area (Å²) in [6.07, 6.45) is 3.76. The maximum absolute atomic E-state index is 4.75. The van der Waals surface area contributed by atoms with Crippen molar-refractivity contribution in [1.82, 2.24) is 9.55 Å². The molecule has 0 unspecified atom stereocenters. The van der Waals surface area contributed by atoms with Crippen LogP contribution < -0.4 is 0 Å². The van der Waals surface area contributed by atoms with Gasteiger partial charge in [0.15, 0.2) is 0 Å². The Morgan fingerprint density at radius 3 is 1.98 bits per heavy atom. The second-order valence-corrected chi connectivity index (χ2v) is 9.82. The maximum atomic E-state index is 4.75. The third-order valence-electron chi connectivity index (χ3n) is 7.23. The summed E-state index contributed by atoms with van der Waals surface area (Å²) in [5.41, 5.74) is 9.18. The molecule has 40 heavy (non-hydrogen) atoms. The zero-order valence-electron chi connectivity index (χ0n) is 22.8. The summed E-state index contributed by atoms with van der Waals surface area (Å²) in [5, 5.41) is 3.63. The van der Waals surface area contributed by atoms with Crippen molar-refractivity contribution in [3.05, 3.63) is 139 Å². The molecule has 7 aromatic rings. The Kier molecular flexibility index (Phi) is 6.86. The molecule has 0 aliphatic heterocycles. The third kappa shape index (κ3) is 4.63. The number of H-pyrrole nitrogens is 1. The van der Waals surface area contributed by atoms with E-state index in [2.05, 4.69) is 108 Å². The van der Waals surface area contributed by atoms with E-state index in [1.807, 2.05) is 55.6 Å². The SMILES string of the molecule is C=Cc1c(/N=C\C)n(-c2ccc(C)cc2)c2ccc(-c3ccc4[nH]c5ccccc5c4c3)cc12.c1ccccc1. The first-order chi connectivity index (χ1) is 19.7. The minimum absolute atomic E-state index is 0.903. The van der Waals surface area contributed by atoms with Gasteiger partial charge in [0, 0.05) is 44.7 Å². The van der Waals surface area contributed by atoms with Crippen LogP contribution in [0.25, 0.3) is 55.6 Å². The van der Waals surface area contributed by atoms with Crippen LogP contribution >= 0.6 is 0 Å². The molecule has 0 amide bonds. The average molecular weight is 518 g/mol. The molecule has 0 fully saturated rings. The van der Waals surface area contributed by atoms with Gasteiger partial charge in [-0.05, 0) is 67.4 Å². The number of nitrogens with one attached hydrogen (secondary N) is 1. The van der Waals surface area contributed by atoms with Crippen LogP contribution in [0.5, 0.6) is 0 Å². The highest BCUT2D eigenvalue weighted by molar-refractivity contribution is 6.09. The first-order valence-electron chi connectivity index (χ1n) is 13.6. The Balaban J connectivity index is 0.000000429. The summed E-state index contributed by atoms with van der Waals surface area (Å²) < 4.78 is 2.22. The Morgan fingerprint density at radius 1 is 0.675 bits per heavy atom. The van der Waals surface area contributed by atoms with Crippen LogP contribution in [0.2, 0.25) is 0 Å². The van der Waals surface area contributed by atoms with Gasteiger partial charge in [0.25, 0.3) is 0 Å². The maximum Gasteiger partial charge on any atom is 0.145 e. The van der Waals surface area contributed by atoms with Crippen molar-refractivity contribution in [1.29, 1.82) is 0 Å². The zero-order chi connectivity index (χ0) is 27.5. The summed E-state index contributed by atoms with van der Waals surface area (Å²) in [5.74, 6) is 0.903. The van der Waals surface area contributed by atoms with Crippen LogP contribution in [0.1, 0.15) is 18.1 Å². The van der Waals surface area contributed by atoms with Gasteiger partial charge in [0.1, 0.15) is 5.82 Å². The van der Waals surface area contributed by atoms with Gasteiger partial charge in [-0.25, -0.2) is 4.99 Å². The molecule has 5 aromatic carbocycles. The Bertz CT molecular complexity index is 1940. The van der Waals surface area contributed by atoms with E-state index < -0.39 is 0 Å². The van der Waals surface area contributed by atoms with Crippen LogP contribution in [0, 0.1) is 6.92 Å². The number of aromatic nitrogens is 2. The van der Waals surface area contributed by atoms with Crippen LogP contribution in [-0.4, -0.2) is 15.8 Å². The highest BCUT2D eigenvalue weighted by atomic mass is 15.1. The number of hydrogen-bond acceptors (Lipinski definition) is 1. The van der Waals surface area contributed by atoms with Gasteiger partial charge in [0.2, 0.25) is 0 Å². The van der Waals surface area contributed by atoms with Crippen molar-refractivity contribution in [2.24, 2.45) is 4.99 Å². The lowest BCUT2D eigenvalue weighted by Crippen LogP contribution is -1.93. The molecule has 0 spiro atoms. The zero-order valence-corrected chi connectivity index (χ0v) is 22.8. The van der Waals surface area contributed by atoms with E-state index in [4.69, 9.17) is 4.99 Å². The highest BCUT2D eigenvalue weighted by Crippen LogP contribution is 2.39. The van der Waals surface area contributed by atoms with Gasteiger partial charge in [-0.1, -0.05) is 97.1 Å². The standard InChI is InChI=1S/C31H25N3.C6H6/c1-4-24-27-19-22(21-12-16-29-26(18-21)25-8-6-7-9-28(25)33-29)13-17-30(27)34(31(24)32-5-2)23-14-10-20(3)11-15-23;1-2-4-6-5-3-1/h4-19,33H,1H2,2-3H3;1-6H/b32-5-;. The summed E-state index contributed by atoms with van der Waals surface area (Å²) >= 11 is 0. The molecule has 0 aliphatic carbocycles. The summed E-state index contributed by atoms with van der Waals surface area (Å²) in [6.45, 7) is 8.18. The van der Waals surface area contributed by atoms with Gasteiger partial charge in [0.05, 0.1) is 5.52 Å². The molecule has 3 heteroatoms. The van der Waals surface area contributed by atoms with E-state index >= 15 is 0 Å². The smallest absolute Gasteiger partial charge is 0.145 e. The fourth-order valence-corrected chi connectivity index (χ4v) is 5.30. The minimum Gasteiger partial charge on any atom is -0.355 e. The van der Waals surface area contributed by atoms with Crippen LogP contribution in [0.3, 0.4) is 0 Å². The van der Waals surface area contributed by atoms with Gasteiger partial charge in [-0.3, -0.25) is 4.57 Å². The number of aryl methyl sites for hydroxylation is 1. The van der Waals surface area contributed by atoms with E-state index in [0.29, 0.717) is 0 Å². The molecule has 0 saturated carbocycles.